The summed E-state index contributed by atoms with van der Waals surface area (Å²) in [4.78, 5) is 33.4. The van der Waals surface area contributed by atoms with Gasteiger partial charge in [-0.2, -0.15) is 11.8 Å². The zero-order valence-corrected chi connectivity index (χ0v) is 14.4. The van der Waals surface area contributed by atoms with Gasteiger partial charge in [-0.25, -0.2) is 4.79 Å². The van der Waals surface area contributed by atoms with Gasteiger partial charge >= 0.3 is 11.9 Å². The van der Waals surface area contributed by atoms with E-state index in [-0.39, 0.29) is 43.5 Å². The van der Waals surface area contributed by atoms with Crippen molar-refractivity contribution in [1.29, 1.82) is 0 Å². The van der Waals surface area contributed by atoms with Gasteiger partial charge in [-0.15, -0.1) is 0 Å². The first-order valence-corrected chi connectivity index (χ1v) is 8.42. The predicted molar refractivity (Wildman–Crippen MR) is 87.7 cm³/mol. The van der Waals surface area contributed by atoms with Crippen LogP contribution in [-0.2, 0) is 23.9 Å². The molecule has 7 nitrogen and oxygen atoms in total. The standard InChI is InChI=1S/C15H25NO6S/c1-10(2)15(20)21-6-4-12(17)8-22-13(18)5-7-23-9-11(3)14(16)19/h11-12,17H,1,4-9H2,2-3H3,(H2,16,19). The molecule has 0 aromatic carbocycles. The monoisotopic (exact) mass is 347 g/mol. The van der Waals surface area contributed by atoms with Crippen molar-refractivity contribution in [2.45, 2.75) is 32.8 Å². The molecule has 8 heteroatoms. The number of carbonyl (C=O) groups excluding carboxylic acids is 3. The van der Waals surface area contributed by atoms with Gasteiger partial charge in [0.05, 0.1) is 19.1 Å². The molecule has 0 aromatic heterocycles. The van der Waals surface area contributed by atoms with Crippen molar-refractivity contribution in [2.75, 3.05) is 24.7 Å². The Morgan fingerprint density at radius 3 is 2.52 bits per heavy atom. The quantitative estimate of drug-likeness (QED) is 0.302. The van der Waals surface area contributed by atoms with E-state index in [4.69, 9.17) is 15.2 Å². The Labute approximate surface area is 140 Å². The number of carbonyl (C=O) groups is 3. The number of rotatable bonds is 12. The maximum Gasteiger partial charge on any atom is 0.333 e. The molecular weight excluding hydrogens is 322 g/mol. The number of aliphatic hydroxyl groups excluding tert-OH is 1. The van der Waals surface area contributed by atoms with Crippen molar-refractivity contribution in [3.63, 3.8) is 0 Å². The fourth-order valence-corrected chi connectivity index (χ4v) is 2.25. The third-order valence-corrected chi connectivity index (χ3v) is 4.00. The second kappa shape index (κ2) is 12.0. The topological polar surface area (TPSA) is 116 Å². The molecule has 2 unspecified atom stereocenters. The number of nitrogens with two attached hydrogens (primary N) is 1. The summed E-state index contributed by atoms with van der Waals surface area (Å²) in [5, 5.41) is 9.61. The minimum Gasteiger partial charge on any atom is -0.463 e. The van der Waals surface area contributed by atoms with E-state index in [1.807, 2.05) is 0 Å². The van der Waals surface area contributed by atoms with E-state index in [1.54, 1.807) is 6.92 Å². The first kappa shape index (κ1) is 21.5. The van der Waals surface area contributed by atoms with Crippen LogP contribution < -0.4 is 5.73 Å². The van der Waals surface area contributed by atoms with E-state index in [1.165, 1.54) is 18.7 Å². The lowest BCUT2D eigenvalue weighted by Gasteiger charge is -2.12. The molecule has 0 fully saturated rings. The smallest absolute Gasteiger partial charge is 0.333 e. The minimum absolute atomic E-state index is 0.0330. The van der Waals surface area contributed by atoms with Gasteiger partial charge < -0.3 is 20.3 Å². The molecule has 0 aliphatic heterocycles. The summed E-state index contributed by atoms with van der Waals surface area (Å²) in [7, 11) is 0. The molecule has 0 rings (SSSR count). The fourth-order valence-electron chi connectivity index (χ4n) is 1.25. The van der Waals surface area contributed by atoms with Crippen molar-refractivity contribution >= 4 is 29.6 Å². The van der Waals surface area contributed by atoms with Crippen LogP contribution in [0.4, 0.5) is 0 Å². The average Bonchev–Trinajstić information content (AvgIpc) is 2.48. The van der Waals surface area contributed by atoms with Crippen LogP contribution in [0.15, 0.2) is 12.2 Å². The van der Waals surface area contributed by atoms with Gasteiger partial charge in [-0.3, -0.25) is 9.59 Å². The summed E-state index contributed by atoms with van der Waals surface area (Å²) < 4.78 is 9.73. The van der Waals surface area contributed by atoms with Crippen LogP contribution in [0.2, 0.25) is 0 Å². The Hall–Kier alpha value is -1.54. The van der Waals surface area contributed by atoms with E-state index in [9.17, 15) is 19.5 Å². The molecule has 1 amide bonds. The second-order valence-electron chi connectivity index (χ2n) is 5.17. The first-order valence-electron chi connectivity index (χ1n) is 7.27. The number of amides is 1. The van der Waals surface area contributed by atoms with E-state index in [0.717, 1.165) is 0 Å². The predicted octanol–water partition coefficient (Wildman–Crippen LogP) is 0.645. The zero-order valence-electron chi connectivity index (χ0n) is 13.6. The average molecular weight is 347 g/mol. The van der Waals surface area contributed by atoms with Crippen molar-refractivity contribution < 1.29 is 29.0 Å². The summed E-state index contributed by atoms with van der Waals surface area (Å²) in [6, 6.07) is 0. The molecule has 0 saturated carbocycles. The summed E-state index contributed by atoms with van der Waals surface area (Å²) in [5.41, 5.74) is 5.41. The molecule has 0 saturated heterocycles. The Morgan fingerprint density at radius 1 is 1.30 bits per heavy atom. The normalized spacial score (nSPS) is 13.0. The van der Waals surface area contributed by atoms with E-state index >= 15 is 0 Å². The molecule has 3 N–H and O–H groups in total. The number of esters is 2. The molecule has 0 aliphatic rings. The zero-order chi connectivity index (χ0) is 17.8. The molecule has 2 atom stereocenters. The largest absolute Gasteiger partial charge is 0.463 e. The maximum absolute atomic E-state index is 11.5. The Kier molecular flexibility index (Phi) is 11.2. The lowest BCUT2D eigenvalue weighted by atomic mass is 10.2. The van der Waals surface area contributed by atoms with Crippen molar-refractivity contribution in [1.82, 2.24) is 0 Å². The molecule has 0 heterocycles. The van der Waals surface area contributed by atoms with Crippen LogP contribution in [0.5, 0.6) is 0 Å². The van der Waals surface area contributed by atoms with Gasteiger partial charge in [-0.05, 0) is 6.92 Å². The van der Waals surface area contributed by atoms with Gasteiger partial charge in [0.1, 0.15) is 6.61 Å². The summed E-state index contributed by atoms with van der Waals surface area (Å²) in [5.74, 6) is -0.476. The molecule has 0 radical (unpaired) electrons. The highest BCUT2D eigenvalue weighted by Gasteiger charge is 2.12. The van der Waals surface area contributed by atoms with Crippen LogP contribution >= 0.6 is 11.8 Å². The van der Waals surface area contributed by atoms with E-state index in [2.05, 4.69) is 6.58 Å². The van der Waals surface area contributed by atoms with Gasteiger partial charge in [0.15, 0.2) is 0 Å². The molecular formula is C15H25NO6S. The molecule has 0 aliphatic carbocycles. The van der Waals surface area contributed by atoms with Crippen LogP contribution in [0, 0.1) is 5.92 Å². The van der Waals surface area contributed by atoms with Gasteiger partial charge in [0, 0.05) is 29.4 Å². The highest BCUT2D eigenvalue weighted by Crippen LogP contribution is 2.09. The first-order chi connectivity index (χ1) is 10.7. The van der Waals surface area contributed by atoms with E-state index < -0.39 is 18.0 Å². The summed E-state index contributed by atoms with van der Waals surface area (Å²) in [6.07, 6.45) is -0.524. The molecule has 23 heavy (non-hydrogen) atoms. The van der Waals surface area contributed by atoms with Crippen molar-refractivity contribution in [3.05, 3.63) is 12.2 Å². The van der Waals surface area contributed by atoms with Gasteiger partial charge in [0.2, 0.25) is 5.91 Å². The molecule has 0 aromatic rings. The highest BCUT2D eigenvalue weighted by atomic mass is 32.2. The number of aliphatic hydroxyl groups is 1. The van der Waals surface area contributed by atoms with Crippen LogP contribution in [0.3, 0.4) is 0 Å². The Balaban J connectivity index is 3.66. The number of hydrogen-bond donors (Lipinski definition) is 2. The highest BCUT2D eigenvalue weighted by molar-refractivity contribution is 7.99. The van der Waals surface area contributed by atoms with Crippen LogP contribution in [0.1, 0.15) is 26.7 Å². The third-order valence-electron chi connectivity index (χ3n) is 2.77. The fraction of sp³-hybridized carbons (Fsp3) is 0.667. The van der Waals surface area contributed by atoms with Gasteiger partial charge in [0.25, 0.3) is 0 Å². The number of primary amides is 1. The third kappa shape index (κ3) is 11.7. The molecule has 0 bridgehead atoms. The number of hydrogen-bond acceptors (Lipinski definition) is 7. The minimum atomic E-state index is -0.889. The number of ether oxygens (including phenoxy) is 2. The Morgan fingerprint density at radius 2 is 1.96 bits per heavy atom. The van der Waals surface area contributed by atoms with Crippen molar-refractivity contribution in [3.8, 4) is 0 Å². The summed E-state index contributed by atoms with van der Waals surface area (Å²) >= 11 is 1.44. The summed E-state index contributed by atoms with van der Waals surface area (Å²) in [6.45, 7) is 6.58. The maximum atomic E-state index is 11.5. The molecule has 0 spiro atoms. The Bertz CT molecular complexity index is 426. The van der Waals surface area contributed by atoms with E-state index in [0.29, 0.717) is 11.5 Å². The van der Waals surface area contributed by atoms with Crippen LogP contribution in [-0.4, -0.2) is 53.8 Å². The molecule has 132 valence electrons. The number of thioether (sulfide) groups is 1. The lowest BCUT2D eigenvalue weighted by molar-refractivity contribution is -0.147. The van der Waals surface area contributed by atoms with Gasteiger partial charge in [-0.1, -0.05) is 13.5 Å². The SMILES string of the molecule is C=C(C)C(=O)OCCC(O)COC(=O)CCSCC(C)C(N)=O. The lowest BCUT2D eigenvalue weighted by Crippen LogP contribution is -2.23. The van der Waals surface area contributed by atoms with Crippen molar-refractivity contribution in [2.24, 2.45) is 11.7 Å². The van der Waals surface area contributed by atoms with Crippen LogP contribution in [0.25, 0.3) is 0 Å². The second-order valence-corrected chi connectivity index (χ2v) is 6.32.